The topological polar surface area (TPSA) is 73.9 Å². The van der Waals surface area contributed by atoms with E-state index in [1.54, 1.807) is 42.5 Å². The lowest BCUT2D eigenvalue weighted by Crippen LogP contribution is -2.10. The first kappa shape index (κ1) is 17.2. The van der Waals surface area contributed by atoms with Gasteiger partial charge in [-0.3, -0.25) is 0 Å². The molecule has 3 aromatic carbocycles. The molecule has 0 aromatic heterocycles. The summed E-state index contributed by atoms with van der Waals surface area (Å²) < 4.78 is 10.8. The van der Waals surface area contributed by atoms with Crippen molar-refractivity contribution >= 4 is 11.7 Å². The Kier molecular flexibility index (Phi) is 5.29. The number of ether oxygens (including phenoxy) is 2. The summed E-state index contributed by atoms with van der Waals surface area (Å²) in [6, 6.07) is 23.6. The summed E-state index contributed by atoms with van der Waals surface area (Å²) in [6.45, 7) is 0. The van der Waals surface area contributed by atoms with Crippen LogP contribution < -0.4 is 15.3 Å². The molecule has 2 N–H and O–H groups in total. The van der Waals surface area contributed by atoms with Gasteiger partial charge in [0.1, 0.15) is 0 Å². The maximum Gasteiger partial charge on any atom is 0.343 e. The summed E-state index contributed by atoms with van der Waals surface area (Å²) in [5.41, 5.74) is 2.72. The minimum Gasteiger partial charge on any atom is -0.493 e. The fraction of sp³-hybridized carbons (Fsp3) is 0.0476. The van der Waals surface area contributed by atoms with Gasteiger partial charge in [-0.05, 0) is 30.3 Å². The average molecular weight is 346 g/mol. The van der Waals surface area contributed by atoms with Crippen LogP contribution in [0.2, 0.25) is 0 Å². The molecule has 0 spiro atoms. The number of benzene rings is 3. The number of hydrogen-bond acceptors (Lipinski definition) is 5. The van der Waals surface area contributed by atoms with E-state index in [4.69, 9.17) is 15.3 Å². The first-order chi connectivity index (χ1) is 12.7. The van der Waals surface area contributed by atoms with Crippen molar-refractivity contribution in [2.75, 3.05) is 7.11 Å². The molecule has 0 aliphatic rings. The van der Waals surface area contributed by atoms with Crippen molar-refractivity contribution in [3.05, 3.63) is 95.6 Å². The molecule has 26 heavy (non-hydrogen) atoms. The molecule has 130 valence electrons. The van der Waals surface area contributed by atoms with E-state index in [9.17, 15) is 4.79 Å². The van der Waals surface area contributed by atoms with Crippen LogP contribution in [-0.4, -0.2) is 18.8 Å². The molecule has 0 amide bonds. The number of carbonyl (C=O) groups is 1. The minimum atomic E-state index is -0.451. The summed E-state index contributed by atoms with van der Waals surface area (Å²) in [6.07, 6.45) is 0. The quantitative estimate of drug-likeness (QED) is 0.252. The van der Waals surface area contributed by atoms with E-state index in [0.29, 0.717) is 22.8 Å². The number of nitrogens with two attached hydrogens (primary N) is 1. The van der Waals surface area contributed by atoms with Crippen LogP contribution in [0.25, 0.3) is 0 Å². The molecule has 0 aliphatic heterocycles. The molecule has 0 unspecified atom stereocenters. The third kappa shape index (κ3) is 3.72. The van der Waals surface area contributed by atoms with Crippen LogP contribution in [0.4, 0.5) is 0 Å². The van der Waals surface area contributed by atoms with Gasteiger partial charge in [0, 0.05) is 11.1 Å². The van der Waals surface area contributed by atoms with Gasteiger partial charge in [0.05, 0.1) is 18.4 Å². The third-order valence-corrected chi connectivity index (χ3v) is 3.83. The lowest BCUT2D eigenvalue weighted by atomic mass is 10.0. The van der Waals surface area contributed by atoms with Gasteiger partial charge in [-0.25, -0.2) is 4.79 Å². The summed E-state index contributed by atoms with van der Waals surface area (Å²) in [5.74, 6) is 5.88. The van der Waals surface area contributed by atoms with Crippen molar-refractivity contribution in [1.29, 1.82) is 0 Å². The maximum atomic E-state index is 12.3. The van der Waals surface area contributed by atoms with E-state index in [-0.39, 0.29) is 0 Å². The number of hydrogen-bond donors (Lipinski definition) is 1. The normalized spacial score (nSPS) is 11.0. The third-order valence-electron chi connectivity index (χ3n) is 3.83. The Balaban J connectivity index is 1.90. The van der Waals surface area contributed by atoms with Crippen molar-refractivity contribution in [1.82, 2.24) is 0 Å². The number of esters is 1. The van der Waals surface area contributed by atoms with Crippen LogP contribution in [0.5, 0.6) is 11.5 Å². The first-order valence-electron chi connectivity index (χ1n) is 8.02. The Morgan fingerprint density at radius 1 is 0.808 bits per heavy atom. The summed E-state index contributed by atoms with van der Waals surface area (Å²) in [7, 11) is 1.51. The van der Waals surface area contributed by atoms with Gasteiger partial charge in [-0.1, -0.05) is 48.5 Å². The molecule has 0 saturated heterocycles. The Morgan fingerprint density at radius 3 is 2.00 bits per heavy atom. The SMILES string of the molecule is COc1cc(C(=NN)c2ccccc2)ccc1OC(=O)c1ccccc1. The Bertz CT molecular complexity index is 923. The molecule has 5 heteroatoms. The van der Waals surface area contributed by atoms with Gasteiger partial charge in [0.25, 0.3) is 0 Å². The Morgan fingerprint density at radius 2 is 1.42 bits per heavy atom. The smallest absolute Gasteiger partial charge is 0.343 e. The van der Waals surface area contributed by atoms with Gasteiger partial charge in [0.2, 0.25) is 0 Å². The molecule has 3 aromatic rings. The van der Waals surface area contributed by atoms with Crippen LogP contribution in [0, 0.1) is 0 Å². The average Bonchev–Trinajstić information content (AvgIpc) is 2.71. The standard InChI is InChI=1S/C21H18N2O3/c1-25-19-14-17(20(23-22)15-8-4-2-5-9-15)12-13-18(19)26-21(24)16-10-6-3-7-11-16/h2-14H,22H2,1H3. The molecule has 0 atom stereocenters. The van der Waals surface area contributed by atoms with Gasteiger partial charge in [-0.2, -0.15) is 5.10 Å². The molecule has 0 radical (unpaired) electrons. The van der Waals surface area contributed by atoms with Crippen LogP contribution in [0.1, 0.15) is 21.5 Å². The van der Waals surface area contributed by atoms with Gasteiger partial charge in [-0.15, -0.1) is 0 Å². The number of carbonyl (C=O) groups excluding carboxylic acids is 1. The van der Waals surface area contributed by atoms with Crippen molar-refractivity contribution in [3.8, 4) is 11.5 Å². The molecule has 0 fully saturated rings. The number of hydrazone groups is 1. The largest absolute Gasteiger partial charge is 0.493 e. The Labute approximate surface area is 151 Å². The molecule has 3 rings (SSSR count). The highest BCUT2D eigenvalue weighted by atomic mass is 16.6. The van der Waals surface area contributed by atoms with E-state index >= 15 is 0 Å². The van der Waals surface area contributed by atoms with Crippen molar-refractivity contribution in [3.63, 3.8) is 0 Å². The number of rotatable bonds is 5. The zero-order chi connectivity index (χ0) is 18.4. The van der Waals surface area contributed by atoms with Gasteiger partial charge < -0.3 is 15.3 Å². The van der Waals surface area contributed by atoms with Crippen LogP contribution in [0.3, 0.4) is 0 Å². The summed E-state index contributed by atoms with van der Waals surface area (Å²) >= 11 is 0. The molecule has 0 bridgehead atoms. The minimum absolute atomic E-state index is 0.328. The predicted octanol–water partition coefficient (Wildman–Crippen LogP) is 3.63. The van der Waals surface area contributed by atoms with E-state index < -0.39 is 5.97 Å². The molecule has 5 nitrogen and oxygen atoms in total. The first-order valence-corrected chi connectivity index (χ1v) is 8.02. The van der Waals surface area contributed by atoms with Crippen LogP contribution in [0.15, 0.2) is 84.0 Å². The number of nitrogens with zero attached hydrogens (tertiary/aromatic N) is 1. The zero-order valence-electron chi connectivity index (χ0n) is 14.3. The van der Waals surface area contributed by atoms with Crippen molar-refractivity contribution in [2.24, 2.45) is 10.9 Å². The second-order valence-electron chi connectivity index (χ2n) is 5.46. The molecular formula is C21H18N2O3. The van der Waals surface area contributed by atoms with E-state index in [0.717, 1.165) is 11.1 Å². The van der Waals surface area contributed by atoms with Crippen LogP contribution >= 0.6 is 0 Å². The summed E-state index contributed by atoms with van der Waals surface area (Å²) in [4.78, 5) is 12.3. The second kappa shape index (κ2) is 7.98. The summed E-state index contributed by atoms with van der Waals surface area (Å²) in [5, 5.41) is 3.90. The van der Waals surface area contributed by atoms with Crippen LogP contribution in [-0.2, 0) is 0 Å². The lowest BCUT2D eigenvalue weighted by Gasteiger charge is -2.12. The highest BCUT2D eigenvalue weighted by molar-refractivity contribution is 6.13. The lowest BCUT2D eigenvalue weighted by molar-refractivity contribution is 0.0729. The predicted molar refractivity (Wildman–Crippen MR) is 101 cm³/mol. The molecule has 0 saturated carbocycles. The second-order valence-corrected chi connectivity index (χ2v) is 5.46. The maximum absolute atomic E-state index is 12.3. The van der Waals surface area contributed by atoms with E-state index in [2.05, 4.69) is 5.10 Å². The molecular weight excluding hydrogens is 328 g/mol. The molecule has 0 aliphatic carbocycles. The fourth-order valence-corrected chi connectivity index (χ4v) is 2.54. The van der Waals surface area contributed by atoms with E-state index in [1.807, 2.05) is 36.4 Å². The molecule has 0 heterocycles. The Hall–Kier alpha value is -3.60. The highest BCUT2D eigenvalue weighted by Gasteiger charge is 2.15. The fourth-order valence-electron chi connectivity index (χ4n) is 2.54. The monoisotopic (exact) mass is 346 g/mol. The van der Waals surface area contributed by atoms with Crippen molar-refractivity contribution < 1.29 is 14.3 Å². The van der Waals surface area contributed by atoms with Gasteiger partial charge >= 0.3 is 5.97 Å². The van der Waals surface area contributed by atoms with E-state index in [1.165, 1.54) is 7.11 Å². The van der Waals surface area contributed by atoms with Gasteiger partial charge in [0.15, 0.2) is 11.5 Å². The highest BCUT2D eigenvalue weighted by Crippen LogP contribution is 2.30. The zero-order valence-corrected chi connectivity index (χ0v) is 14.3. The number of methoxy groups -OCH3 is 1. The van der Waals surface area contributed by atoms with Crippen molar-refractivity contribution in [2.45, 2.75) is 0 Å².